The lowest BCUT2D eigenvalue weighted by molar-refractivity contribution is -0.130. The van der Waals surface area contributed by atoms with Crippen LogP contribution in [0, 0.1) is 0 Å². The maximum absolute atomic E-state index is 12.2. The number of rotatable bonds is 5. The van der Waals surface area contributed by atoms with Crippen molar-refractivity contribution in [2.75, 3.05) is 19.6 Å². The summed E-state index contributed by atoms with van der Waals surface area (Å²) >= 11 is 0. The fourth-order valence-corrected chi connectivity index (χ4v) is 3.91. The second-order valence-corrected chi connectivity index (χ2v) is 6.46. The van der Waals surface area contributed by atoms with Gasteiger partial charge in [0.15, 0.2) is 0 Å². The van der Waals surface area contributed by atoms with Gasteiger partial charge in [0, 0.05) is 25.6 Å². The van der Waals surface area contributed by atoms with Crippen LogP contribution in [-0.4, -0.2) is 53.3 Å². The van der Waals surface area contributed by atoms with Gasteiger partial charge in [0.2, 0.25) is 11.8 Å². The highest BCUT2D eigenvalue weighted by Crippen LogP contribution is 2.29. The van der Waals surface area contributed by atoms with E-state index in [0.717, 1.165) is 44.5 Å². The van der Waals surface area contributed by atoms with E-state index in [0.29, 0.717) is 19.1 Å². The van der Waals surface area contributed by atoms with Gasteiger partial charge in [-0.1, -0.05) is 0 Å². The Morgan fingerprint density at radius 2 is 2.04 bits per heavy atom. The van der Waals surface area contributed by atoms with Gasteiger partial charge in [-0.25, -0.2) is 0 Å². The predicted octanol–water partition coefficient (Wildman–Crippen LogP) is 1.37. The van der Waals surface area contributed by atoms with E-state index < -0.39 is 0 Å². The van der Waals surface area contributed by atoms with Crippen LogP contribution in [0.25, 0.3) is 0 Å². The first kappa shape index (κ1) is 16.1. The molecule has 1 N–H and O–H groups in total. The third-order valence-electron chi connectivity index (χ3n) is 4.95. The monoisotopic (exact) mass is 319 g/mol. The Balaban J connectivity index is 1.54. The van der Waals surface area contributed by atoms with Gasteiger partial charge in [0.05, 0.1) is 19.4 Å². The number of nitrogens with one attached hydrogen (secondary N) is 1. The summed E-state index contributed by atoms with van der Waals surface area (Å²) in [5, 5.41) is 2.90. The van der Waals surface area contributed by atoms with Gasteiger partial charge in [-0.05, 0) is 44.4 Å². The predicted molar refractivity (Wildman–Crippen MR) is 85.6 cm³/mol. The summed E-state index contributed by atoms with van der Waals surface area (Å²) in [5.41, 5.74) is 0. The lowest BCUT2D eigenvalue weighted by Crippen LogP contribution is -2.50. The lowest BCUT2D eigenvalue weighted by Gasteiger charge is -2.34. The minimum absolute atomic E-state index is 0.0145. The largest absolute Gasteiger partial charge is 0.467 e. The van der Waals surface area contributed by atoms with Crippen LogP contribution < -0.4 is 5.32 Å². The number of nitrogens with zero attached hydrogens (tertiary/aromatic N) is 2. The van der Waals surface area contributed by atoms with Gasteiger partial charge in [-0.3, -0.25) is 14.5 Å². The zero-order chi connectivity index (χ0) is 16.2. The fourth-order valence-electron chi connectivity index (χ4n) is 3.91. The number of likely N-dealkylation sites (tertiary alicyclic amines) is 2. The summed E-state index contributed by atoms with van der Waals surface area (Å²) in [6, 6.07) is 4.25. The summed E-state index contributed by atoms with van der Waals surface area (Å²) in [4.78, 5) is 28.2. The van der Waals surface area contributed by atoms with Gasteiger partial charge in [0.1, 0.15) is 5.76 Å². The van der Waals surface area contributed by atoms with Crippen molar-refractivity contribution in [2.45, 2.75) is 51.2 Å². The molecular formula is C17H25N3O3. The van der Waals surface area contributed by atoms with Crippen LogP contribution in [0.2, 0.25) is 0 Å². The molecule has 6 nitrogen and oxygen atoms in total. The topological polar surface area (TPSA) is 65.8 Å². The fraction of sp³-hybridized carbons (Fsp3) is 0.647. The van der Waals surface area contributed by atoms with Gasteiger partial charge in [0.25, 0.3) is 0 Å². The second-order valence-electron chi connectivity index (χ2n) is 6.46. The molecule has 0 unspecified atom stereocenters. The Morgan fingerprint density at radius 1 is 1.26 bits per heavy atom. The van der Waals surface area contributed by atoms with E-state index >= 15 is 0 Å². The molecule has 2 aliphatic heterocycles. The molecule has 23 heavy (non-hydrogen) atoms. The number of hydrogen-bond acceptors (Lipinski definition) is 4. The number of amides is 2. The van der Waals surface area contributed by atoms with E-state index in [1.54, 1.807) is 13.2 Å². The van der Waals surface area contributed by atoms with Gasteiger partial charge in [-0.15, -0.1) is 0 Å². The first-order chi connectivity index (χ1) is 11.1. The molecule has 0 radical (unpaired) electrons. The van der Waals surface area contributed by atoms with Gasteiger partial charge < -0.3 is 14.6 Å². The van der Waals surface area contributed by atoms with Crippen LogP contribution in [0.4, 0.5) is 0 Å². The second kappa shape index (κ2) is 7.17. The molecule has 3 heterocycles. The zero-order valence-electron chi connectivity index (χ0n) is 13.7. The van der Waals surface area contributed by atoms with E-state index in [9.17, 15) is 9.59 Å². The molecule has 0 aromatic carbocycles. The standard InChI is InChI=1S/C17H25N3O3/c1-13(21)20-9-3-7-16(20)15-6-2-8-19(15)12-17(22)18-11-14-5-4-10-23-14/h4-5,10,15-16H,2-3,6-9,11-12H2,1H3,(H,18,22)/t15-,16+/m1/s1. The SMILES string of the molecule is CC(=O)N1CCC[C@H]1[C@H]1CCCN1CC(=O)NCc1ccco1. The van der Waals surface area contributed by atoms with E-state index in [4.69, 9.17) is 4.42 Å². The molecule has 2 fully saturated rings. The molecule has 6 heteroatoms. The smallest absolute Gasteiger partial charge is 0.234 e. The maximum Gasteiger partial charge on any atom is 0.234 e. The van der Waals surface area contributed by atoms with Crippen molar-refractivity contribution in [1.82, 2.24) is 15.1 Å². The first-order valence-electron chi connectivity index (χ1n) is 8.45. The number of carbonyl (C=O) groups is 2. The highest BCUT2D eigenvalue weighted by molar-refractivity contribution is 5.78. The van der Waals surface area contributed by atoms with Crippen LogP contribution in [0.15, 0.2) is 22.8 Å². The molecule has 0 saturated carbocycles. The van der Waals surface area contributed by atoms with E-state index in [1.807, 2.05) is 17.0 Å². The highest BCUT2D eigenvalue weighted by Gasteiger charge is 2.39. The summed E-state index contributed by atoms with van der Waals surface area (Å²) in [6.45, 7) is 4.25. The highest BCUT2D eigenvalue weighted by atomic mass is 16.3. The van der Waals surface area contributed by atoms with Crippen LogP contribution in [0.3, 0.4) is 0 Å². The molecule has 1 aromatic heterocycles. The van der Waals surface area contributed by atoms with E-state index in [2.05, 4.69) is 10.2 Å². The Labute approximate surface area is 136 Å². The quantitative estimate of drug-likeness (QED) is 0.890. The average Bonchev–Trinajstić information content (AvgIpc) is 3.25. The lowest BCUT2D eigenvalue weighted by atomic mass is 10.0. The molecule has 1 aromatic rings. The van der Waals surface area contributed by atoms with Crippen molar-refractivity contribution < 1.29 is 14.0 Å². The molecule has 0 aliphatic carbocycles. The van der Waals surface area contributed by atoms with E-state index in [-0.39, 0.29) is 17.9 Å². The van der Waals surface area contributed by atoms with Crippen molar-refractivity contribution in [1.29, 1.82) is 0 Å². The Hall–Kier alpha value is -1.82. The van der Waals surface area contributed by atoms with E-state index in [1.165, 1.54) is 0 Å². The molecular weight excluding hydrogens is 294 g/mol. The van der Waals surface area contributed by atoms with Crippen molar-refractivity contribution in [3.05, 3.63) is 24.2 Å². The van der Waals surface area contributed by atoms with Crippen molar-refractivity contribution in [3.63, 3.8) is 0 Å². The summed E-state index contributed by atoms with van der Waals surface area (Å²) in [6.07, 6.45) is 5.89. The Kier molecular flexibility index (Phi) is 5.00. The molecule has 3 rings (SSSR count). The first-order valence-corrected chi connectivity index (χ1v) is 8.45. The molecule has 2 saturated heterocycles. The molecule has 2 amide bonds. The third-order valence-corrected chi connectivity index (χ3v) is 4.95. The van der Waals surface area contributed by atoms with Crippen LogP contribution in [0.5, 0.6) is 0 Å². The van der Waals surface area contributed by atoms with Crippen LogP contribution in [-0.2, 0) is 16.1 Å². The summed E-state index contributed by atoms with van der Waals surface area (Å²) in [5.74, 6) is 0.928. The third kappa shape index (κ3) is 3.75. The number of hydrogen-bond donors (Lipinski definition) is 1. The Bertz CT molecular complexity index is 543. The molecule has 0 bridgehead atoms. The molecule has 2 atom stereocenters. The average molecular weight is 319 g/mol. The minimum atomic E-state index is 0.0145. The number of furan rings is 1. The van der Waals surface area contributed by atoms with Crippen molar-refractivity contribution in [2.24, 2.45) is 0 Å². The molecule has 0 spiro atoms. The molecule has 126 valence electrons. The zero-order valence-corrected chi connectivity index (χ0v) is 13.7. The van der Waals surface area contributed by atoms with Gasteiger partial charge in [-0.2, -0.15) is 0 Å². The Morgan fingerprint density at radius 3 is 2.78 bits per heavy atom. The summed E-state index contributed by atoms with van der Waals surface area (Å²) < 4.78 is 5.22. The normalized spacial score (nSPS) is 25.0. The van der Waals surface area contributed by atoms with Crippen LogP contribution in [0.1, 0.15) is 38.4 Å². The summed E-state index contributed by atoms with van der Waals surface area (Å²) in [7, 11) is 0. The van der Waals surface area contributed by atoms with Crippen molar-refractivity contribution >= 4 is 11.8 Å². The van der Waals surface area contributed by atoms with Crippen LogP contribution >= 0.6 is 0 Å². The minimum Gasteiger partial charge on any atom is -0.467 e. The maximum atomic E-state index is 12.2. The van der Waals surface area contributed by atoms with Crippen molar-refractivity contribution in [3.8, 4) is 0 Å². The van der Waals surface area contributed by atoms with Gasteiger partial charge >= 0.3 is 0 Å². The number of carbonyl (C=O) groups excluding carboxylic acids is 2. The molecule has 2 aliphatic rings.